The van der Waals surface area contributed by atoms with Crippen LogP contribution >= 0.6 is 0 Å². The fourth-order valence-corrected chi connectivity index (χ4v) is 3.02. The summed E-state index contributed by atoms with van der Waals surface area (Å²) in [6.45, 7) is 0. The van der Waals surface area contributed by atoms with E-state index in [0.29, 0.717) is 17.3 Å². The Morgan fingerprint density at radius 1 is 1.00 bits per heavy atom. The molecule has 0 fully saturated rings. The molecular weight excluding hydrogens is 316 g/mol. The molecule has 4 aromatic rings. The smallest absolute Gasteiger partial charge is 0.181 e. The Balaban J connectivity index is 1.78. The molecular formula is C19H18N4O2. The topological polar surface area (TPSA) is 65.0 Å². The van der Waals surface area contributed by atoms with Crippen LogP contribution in [0.25, 0.3) is 33.7 Å². The van der Waals surface area contributed by atoms with Crippen LogP contribution in [0.15, 0.2) is 48.7 Å². The lowest BCUT2D eigenvalue weighted by Crippen LogP contribution is -1.91. The van der Waals surface area contributed by atoms with E-state index in [0.717, 1.165) is 27.9 Å². The Hall–Kier alpha value is -3.28. The number of hydrogen-bond acceptors (Lipinski definition) is 4. The van der Waals surface area contributed by atoms with Gasteiger partial charge in [0.1, 0.15) is 0 Å². The van der Waals surface area contributed by atoms with E-state index in [1.807, 2.05) is 37.4 Å². The number of rotatable bonds is 4. The summed E-state index contributed by atoms with van der Waals surface area (Å²) >= 11 is 0. The quantitative estimate of drug-likeness (QED) is 0.619. The summed E-state index contributed by atoms with van der Waals surface area (Å²) in [6, 6.07) is 13.9. The Morgan fingerprint density at radius 2 is 1.80 bits per heavy atom. The van der Waals surface area contributed by atoms with Crippen molar-refractivity contribution in [1.82, 2.24) is 19.7 Å². The van der Waals surface area contributed by atoms with Gasteiger partial charge in [-0.05, 0) is 24.3 Å². The van der Waals surface area contributed by atoms with Crippen molar-refractivity contribution in [3.8, 4) is 34.3 Å². The molecule has 1 N–H and O–H groups in total. The molecule has 0 bridgehead atoms. The molecule has 4 rings (SSSR count). The van der Waals surface area contributed by atoms with Gasteiger partial charge in [-0.3, -0.25) is 5.10 Å². The maximum Gasteiger partial charge on any atom is 0.181 e. The number of aromatic amines is 1. The van der Waals surface area contributed by atoms with Crippen molar-refractivity contribution in [1.29, 1.82) is 0 Å². The second-order valence-electron chi connectivity index (χ2n) is 5.75. The zero-order chi connectivity index (χ0) is 17.4. The highest BCUT2D eigenvalue weighted by Gasteiger charge is 2.14. The molecule has 0 aliphatic heterocycles. The molecule has 0 amide bonds. The van der Waals surface area contributed by atoms with Gasteiger partial charge < -0.3 is 14.0 Å². The van der Waals surface area contributed by atoms with Crippen molar-refractivity contribution >= 4 is 10.9 Å². The summed E-state index contributed by atoms with van der Waals surface area (Å²) in [5.41, 5.74) is 3.04. The number of aryl methyl sites for hydroxylation is 1. The molecule has 6 nitrogen and oxygen atoms in total. The summed E-state index contributed by atoms with van der Waals surface area (Å²) < 4.78 is 12.7. The number of H-pyrrole nitrogens is 1. The highest BCUT2D eigenvalue weighted by molar-refractivity contribution is 5.94. The van der Waals surface area contributed by atoms with E-state index >= 15 is 0 Å². The number of fused-ring (bicyclic) bond motifs is 1. The molecule has 6 heteroatoms. The minimum atomic E-state index is 0.615. The SMILES string of the molecule is COc1ccc(-c2n[nH]c(-c3cn(C)c4ccccc34)n2)cc1OC. The maximum atomic E-state index is 5.36. The van der Waals surface area contributed by atoms with Gasteiger partial charge in [0.05, 0.1) is 14.2 Å². The average Bonchev–Trinajstić information content (AvgIpc) is 3.26. The Morgan fingerprint density at radius 3 is 2.60 bits per heavy atom. The molecule has 126 valence electrons. The van der Waals surface area contributed by atoms with Gasteiger partial charge in [0.15, 0.2) is 23.1 Å². The van der Waals surface area contributed by atoms with Crippen LogP contribution in [0.3, 0.4) is 0 Å². The second-order valence-corrected chi connectivity index (χ2v) is 5.75. The van der Waals surface area contributed by atoms with Crippen molar-refractivity contribution in [2.45, 2.75) is 0 Å². The third-order valence-corrected chi connectivity index (χ3v) is 4.28. The number of methoxy groups -OCH3 is 2. The molecule has 0 atom stereocenters. The zero-order valence-corrected chi connectivity index (χ0v) is 14.3. The molecule has 2 aromatic carbocycles. The van der Waals surface area contributed by atoms with Crippen LogP contribution in [0.5, 0.6) is 11.5 Å². The molecule has 0 saturated carbocycles. The van der Waals surface area contributed by atoms with Gasteiger partial charge in [-0.25, -0.2) is 4.98 Å². The van der Waals surface area contributed by atoms with E-state index in [4.69, 9.17) is 9.47 Å². The van der Waals surface area contributed by atoms with Gasteiger partial charge in [0, 0.05) is 35.3 Å². The highest BCUT2D eigenvalue weighted by Crippen LogP contribution is 2.32. The third-order valence-electron chi connectivity index (χ3n) is 4.28. The molecule has 0 spiro atoms. The minimum absolute atomic E-state index is 0.615. The Kier molecular flexibility index (Phi) is 3.65. The van der Waals surface area contributed by atoms with E-state index in [-0.39, 0.29) is 0 Å². The molecule has 0 radical (unpaired) electrons. The summed E-state index contributed by atoms with van der Waals surface area (Å²) in [4.78, 5) is 4.67. The molecule has 2 aromatic heterocycles. The monoisotopic (exact) mass is 334 g/mol. The normalized spacial score (nSPS) is 11.0. The van der Waals surface area contributed by atoms with Crippen molar-refractivity contribution < 1.29 is 9.47 Å². The maximum absolute atomic E-state index is 5.36. The average molecular weight is 334 g/mol. The predicted octanol–water partition coefficient (Wildman–Crippen LogP) is 3.65. The summed E-state index contributed by atoms with van der Waals surface area (Å²) in [5, 5.41) is 8.55. The number of benzene rings is 2. The largest absolute Gasteiger partial charge is 0.493 e. The first-order chi connectivity index (χ1) is 12.2. The van der Waals surface area contributed by atoms with Crippen molar-refractivity contribution in [3.05, 3.63) is 48.7 Å². The number of nitrogens with zero attached hydrogens (tertiary/aromatic N) is 3. The van der Waals surface area contributed by atoms with E-state index < -0.39 is 0 Å². The van der Waals surface area contributed by atoms with Gasteiger partial charge in [0.2, 0.25) is 0 Å². The number of para-hydroxylation sites is 1. The van der Waals surface area contributed by atoms with Crippen LogP contribution in [0.4, 0.5) is 0 Å². The van der Waals surface area contributed by atoms with Crippen LogP contribution in [0.2, 0.25) is 0 Å². The molecule has 0 saturated heterocycles. The first kappa shape index (κ1) is 15.3. The fourth-order valence-electron chi connectivity index (χ4n) is 3.02. The van der Waals surface area contributed by atoms with Crippen molar-refractivity contribution in [2.24, 2.45) is 7.05 Å². The minimum Gasteiger partial charge on any atom is -0.493 e. The summed E-state index contributed by atoms with van der Waals surface area (Å²) in [5.74, 6) is 2.68. The summed E-state index contributed by atoms with van der Waals surface area (Å²) in [6.07, 6.45) is 2.06. The van der Waals surface area contributed by atoms with Crippen LogP contribution < -0.4 is 9.47 Å². The Labute approximate surface area is 145 Å². The highest BCUT2D eigenvalue weighted by atomic mass is 16.5. The molecule has 0 aliphatic rings. The molecule has 0 aliphatic carbocycles. The van der Waals surface area contributed by atoms with Crippen molar-refractivity contribution in [2.75, 3.05) is 14.2 Å². The first-order valence-electron chi connectivity index (χ1n) is 7.90. The third kappa shape index (κ3) is 2.52. The standard InChI is InChI=1S/C19H18N4O2/c1-23-11-14(13-6-4-5-7-15(13)23)19-20-18(21-22-19)12-8-9-16(24-2)17(10-12)25-3/h4-11H,1-3H3,(H,20,21,22). The molecule has 25 heavy (non-hydrogen) atoms. The van der Waals surface area contributed by atoms with Crippen molar-refractivity contribution in [3.63, 3.8) is 0 Å². The number of aromatic nitrogens is 4. The van der Waals surface area contributed by atoms with Gasteiger partial charge in [-0.15, -0.1) is 0 Å². The molecule has 0 unspecified atom stereocenters. The lowest BCUT2D eigenvalue weighted by molar-refractivity contribution is 0.355. The molecule has 2 heterocycles. The lowest BCUT2D eigenvalue weighted by Gasteiger charge is -2.07. The van der Waals surface area contributed by atoms with Crippen LogP contribution in [-0.4, -0.2) is 34.0 Å². The van der Waals surface area contributed by atoms with Gasteiger partial charge in [-0.1, -0.05) is 18.2 Å². The van der Waals surface area contributed by atoms with E-state index in [9.17, 15) is 0 Å². The van der Waals surface area contributed by atoms with Crippen LogP contribution in [-0.2, 0) is 7.05 Å². The zero-order valence-electron chi connectivity index (χ0n) is 14.3. The van der Waals surface area contributed by atoms with Crippen LogP contribution in [0, 0.1) is 0 Å². The fraction of sp³-hybridized carbons (Fsp3) is 0.158. The number of ether oxygens (including phenoxy) is 2. The van der Waals surface area contributed by atoms with Gasteiger partial charge in [0.25, 0.3) is 0 Å². The van der Waals surface area contributed by atoms with E-state index in [1.165, 1.54) is 0 Å². The predicted molar refractivity (Wildman–Crippen MR) is 96.8 cm³/mol. The second kappa shape index (κ2) is 5.98. The summed E-state index contributed by atoms with van der Waals surface area (Å²) in [7, 11) is 5.25. The van der Waals surface area contributed by atoms with Crippen LogP contribution in [0.1, 0.15) is 0 Å². The Bertz CT molecular complexity index is 1050. The van der Waals surface area contributed by atoms with Gasteiger partial charge in [-0.2, -0.15) is 5.10 Å². The lowest BCUT2D eigenvalue weighted by atomic mass is 10.1. The first-order valence-corrected chi connectivity index (χ1v) is 7.90. The van der Waals surface area contributed by atoms with E-state index in [1.54, 1.807) is 14.2 Å². The number of hydrogen-bond donors (Lipinski definition) is 1. The number of nitrogens with one attached hydrogen (secondary N) is 1. The van der Waals surface area contributed by atoms with Gasteiger partial charge >= 0.3 is 0 Å². The van der Waals surface area contributed by atoms with E-state index in [2.05, 4.69) is 38.1 Å².